The molecule has 0 radical (unpaired) electrons. The lowest BCUT2D eigenvalue weighted by molar-refractivity contribution is 0.550. The van der Waals surface area contributed by atoms with Gasteiger partial charge in [-0.3, -0.25) is 0 Å². The minimum atomic E-state index is 0.234. The molecule has 2 aliphatic carbocycles. The Hall–Kier alpha value is -2.54. The van der Waals surface area contributed by atoms with E-state index in [0.717, 1.165) is 0 Å². The van der Waals surface area contributed by atoms with Gasteiger partial charge in [-0.15, -0.1) is 0 Å². The average Bonchev–Trinajstić information content (AvgIpc) is 3.29. The van der Waals surface area contributed by atoms with Gasteiger partial charge in [-0.1, -0.05) is 60.9 Å². The summed E-state index contributed by atoms with van der Waals surface area (Å²) in [6, 6.07) is 25.6. The second-order valence-electron chi connectivity index (χ2n) is 8.86. The van der Waals surface area contributed by atoms with E-state index >= 15 is 0 Å². The van der Waals surface area contributed by atoms with Crippen LogP contribution in [-0.4, -0.2) is 6.04 Å². The molecule has 0 aromatic heterocycles. The Morgan fingerprint density at radius 2 is 1.39 bits per heavy atom. The fraction of sp³-hybridized carbons (Fsp3) is 0.333. The SMILES string of the molecule is Cc1ccc(N(c2ccc3c(c2)C2(CCCC2)c2ccccc2-3)C(C)C)cc1. The van der Waals surface area contributed by atoms with Crippen molar-refractivity contribution < 1.29 is 0 Å². The van der Waals surface area contributed by atoms with Gasteiger partial charge in [-0.05, 0) is 80.1 Å². The number of anilines is 2. The summed E-state index contributed by atoms with van der Waals surface area (Å²) in [6.45, 7) is 6.72. The molecule has 1 nitrogen and oxygen atoms in total. The Bertz CT molecular complexity index is 1010. The van der Waals surface area contributed by atoms with Gasteiger partial charge in [0.1, 0.15) is 0 Å². The van der Waals surface area contributed by atoms with Crippen LogP contribution in [0.1, 0.15) is 56.2 Å². The van der Waals surface area contributed by atoms with Crippen molar-refractivity contribution in [1.82, 2.24) is 0 Å². The Labute approximate surface area is 169 Å². The first kappa shape index (κ1) is 17.6. The molecule has 142 valence electrons. The molecule has 0 atom stereocenters. The molecule has 1 fully saturated rings. The van der Waals surface area contributed by atoms with Crippen molar-refractivity contribution in [3.05, 3.63) is 83.4 Å². The van der Waals surface area contributed by atoms with Gasteiger partial charge in [0.2, 0.25) is 0 Å². The van der Waals surface area contributed by atoms with E-state index in [0.29, 0.717) is 6.04 Å². The highest BCUT2D eigenvalue weighted by Gasteiger charge is 2.45. The minimum absolute atomic E-state index is 0.234. The Morgan fingerprint density at radius 1 is 0.750 bits per heavy atom. The molecule has 0 aliphatic heterocycles. The molecule has 0 N–H and O–H groups in total. The summed E-state index contributed by atoms with van der Waals surface area (Å²) in [4.78, 5) is 2.48. The van der Waals surface area contributed by atoms with Gasteiger partial charge in [0.15, 0.2) is 0 Å². The smallest absolute Gasteiger partial charge is 0.0416 e. The van der Waals surface area contributed by atoms with Crippen molar-refractivity contribution in [2.75, 3.05) is 4.90 Å². The molecule has 1 saturated carbocycles. The third-order valence-corrected chi connectivity index (χ3v) is 6.82. The van der Waals surface area contributed by atoms with E-state index in [1.807, 2.05) is 0 Å². The van der Waals surface area contributed by atoms with Crippen LogP contribution in [0.3, 0.4) is 0 Å². The summed E-state index contributed by atoms with van der Waals surface area (Å²) < 4.78 is 0. The highest BCUT2D eigenvalue weighted by molar-refractivity contribution is 5.84. The zero-order valence-corrected chi connectivity index (χ0v) is 17.2. The van der Waals surface area contributed by atoms with E-state index in [9.17, 15) is 0 Å². The van der Waals surface area contributed by atoms with Gasteiger partial charge < -0.3 is 4.90 Å². The van der Waals surface area contributed by atoms with Crippen LogP contribution >= 0.6 is 0 Å². The first-order valence-electron chi connectivity index (χ1n) is 10.7. The van der Waals surface area contributed by atoms with Crippen molar-refractivity contribution in [1.29, 1.82) is 0 Å². The number of hydrogen-bond donors (Lipinski definition) is 0. The van der Waals surface area contributed by atoms with Crippen molar-refractivity contribution in [2.45, 2.75) is 57.9 Å². The fourth-order valence-corrected chi connectivity index (χ4v) is 5.56. The van der Waals surface area contributed by atoms with Gasteiger partial charge in [0.25, 0.3) is 0 Å². The van der Waals surface area contributed by atoms with Crippen LogP contribution in [-0.2, 0) is 5.41 Å². The summed E-state index contributed by atoms with van der Waals surface area (Å²) in [5.41, 5.74) is 10.2. The number of fused-ring (bicyclic) bond motifs is 5. The number of aryl methyl sites for hydroxylation is 1. The van der Waals surface area contributed by atoms with Gasteiger partial charge in [0, 0.05) is 22.8 Å². The van der Waals surface area contributed by atoms with Crippen molar-refractivity contribution in [2.24, 2.45) is 0 Å². The van der Waals surface area contributed by atoms with E-state index in [-0.39, 0.29) is 5.41 Å². The molecule has 0 saturated heterocycles. The lowest BCUT2D eigenvalue weighted by Crippen LogP contribution is -2.26. The minimum Gasteiger partial charge on any atom is -0.339 e. The zero-order valence-electron chi connectivity index (χ0n) is 17.2. The lowest BCUT2D eigenvalue weighted by atomic mass is 9.76. The van der Waals surface area contributed by atoms with E-state index in [1.54, 1.807) is 11.1 Å². The van der Waals surface area contributed by atoms with Crippen LogP contribution in [0.5, 0.6) is 0 Å². The van der Waals surface area contributed by atoms with E-state index in [2.05, 4.69) is 92.4 Å². The quantitative estimate of drug-likeness (QED) is 0.467. The molecule has 3 aromatic carbocycles. The van der Waals surface area contributed by atoms with E-state index in [1.165, 1.54) is 53.7 Å². The van der Waals surface area contributed by atoms with E-state index in [4.69, 9.17) is 0 Å². The second kappa shape index (κ2) is 6.51. The maximum atomic E-state index is 2.50. The van der Waals surface area contributed by atoms with Crippen LogP contribution in [0.2, 0.25) is 0 Å². The fourth-order valence-electron chi connectivity index (χ4n) is 5.56. The third-order valence-electron chi connectivity index (χ3n) is 6.82. The Balaban J connectivity index is 1.67. The molecule has 1 heteroatoms. The average molecular weight is 368 g/mol. The summed E-state index contributed by atoms with van der Waals surface area (Å²) >= 11 is 0. The van der Waals surface area contributed by atoms with Crippen molar-refractivity contribution in [3.8, 4) is 11.1 Å². The standard InChI is InChI=1S/C27H29N/c1-19(2)28(21-12-10-20(3)11-13-21)22-14-15-24-23-8-4-5-9-25(23)27(26(24)18-22)16-6-7-17-27/h4-5,8-15,18-19H,6-7,16-17H2,1-3H3. The molecule has 5 rings (SSSR count). The summed E-state index contributed by atoms with van der Waals surface area (Å²) in [5, 5.41) is 0. The largest absolute Gasteiger partial charge is 0.339 e. The number of hydrogen-bond acceptors (Lipinski definition) is 1. The predicted octanol–water partition coefficient (Wildman–Crippen LogP) is 7.38. The molecule has 3 aromatic rings. The molecule has 28 heavy (non-hydrogen) atoms. The second-order valence-corrected chi connectivity index (χ2v) is 8.86. The molecule has 1 spiro atoms. The summed E-state index contributed by atoms with van der Waals surface area (Å²) in [7, 11) is 0. The maximum Gasteiger partial charge on any atom is 0.0416 e. The zero-order chi connectivity index (χ0) is 19.3. The van der Waals surface area contributed by atoms with Gasteiger partial charge in [-0.2, -0.15) is 0 Å². The van der Waals surface area contributed by atoms with Gasteiger partial charge >= 0.3 is 0 Å². The first-order chi connectivity index (χ1) is 13.6. The Kier molecular flexibility index (Phi) is 4.08. The topological polar surface area (TPSA) is 3.24 Å². The third kappa shape index (κ3) is 2.53. The molecule has 2 aliphatic rings. The van der Waals surface area contributed by atoms with Gasteiger partial charge in [-0.25, -0.2) is 0 Å². The summed E-state index contributed by atoms with van der Waals surface area (Å²) in [5.74, 6) is 0. The number of benzene rings is 3. The van der Waals surface area contributed by atoms with Crippen LogP contribution in [0.25, 0.3) is 11.1 Å². The van der Waals surface area contributed by atoms with Crippen molar-refractivity contribution in [3.63, 3.8) is 0 Å². The number of nitrogens with zero attached hydrogens (tertiary/aromatic N) is 1. The summed E-state index contributed by atoms with van der Waals surface area (Å²) in [6.07, 6.45) is 5.24. The molecular formula is C27H29N. The predicted molar refractivity (Wildman–Crippen MR) is 120 cm³/mol. The molecular weight excluding hydrogens is 338 g/mol. The highest BCUT2D eigenvalue weighted by Crippen LogP contribution is 2.57. The van der Waals surface area contributed by atoms with Gasteiger partial charge in [0.05, 0.1) is 0 Å². The molecule has 0 unspecified atom stereocenters. The van der Waals surface area contributed by atoms with Crippen LogP contribution < -0.4 is 4.90 Å². The van der Waals surface area contributed by atoms with Crippen LogP contribution in [0, 0.1) is 6.92 Å². The monoisotopic (exact) mass is 367 g/mol. The molecule has 0 bridgehead atoms. The van der Waals surface area contributed by atoms with E-state index < -0.39 is 0 Å². The first-order valence-corrected chi connectivity index (χ1v) is 10.7. The van der Waals surface area contributed by atoms with Crippen LogP contribution in [0.4, 0.5) is 11.4 Å². The van der Waals surface area contributed by atoms with Crippen molar-refractivity contribution >= 4 is 11.4 Å². The highest BCUT2D eigenvalue weighted by atomic mass is 15.2. The molecule has 0 amide bonds. The number of rotatable bonds is 3. The normalized spacial score (nSPS) is 16.4. The lowest BCUT2D eigenvalue weighted by Gasteiger charge is -2.32. The van der Waals surface area contributed by atoms with Crippen LogP contribution in [0.15, 0.2) is 66.7 Å². The Morgan fingerprint density at radius 3 is 2.11 bits per heavy atom. The maximum absolute atomic E-state index is 2.50. The molecule has 0 heterocycles.